The maximum atomic E-state index is 8.60. The Morgan fingerprint density at radius 3 is 3.00 bits per heavy atom. The standard InChI is InChI=1S/C7H11N3O2/c11-2-1-6-9-7(12-10-6)5-3-8-4-5/h5,8,11H,1-4H2. The third-order valence-electron chi connectivity index (χ3n) is 1.95. The molecule has 0 unspecified atom stereocenters. The zero-order valence-corrected chi connectivity index (χ0v) is 6.66. The van der Waals surface area contributed by atoms with Gasteiger partial charge in [-0.15, -0.1) is 0 Å². The lowest BCUT2D eigenvalue weighted by molar-refractivity contribution is 0.288. The maximum absolute atomic E-state index is 8.60. The lowest BCUT2D eigenvalue weighted by Crippen LogP contribution is -2.40. The highest BCUT2D eigenvalue weighted by molar-refractivity contribution is 5.00. The summed E-state index contributed by atoms with van der Waals surface area (Å²) in [6.07, 6.45) is 0.476. The van der Waals surface area contributed by atoms with Gasteiger partial charge >= 0.3 is 0 Å². The molecule has 0 radical (unpaired) electrons. The molecule has 2 rings (SSSR count). The van der Waals surface area contributed by atoms with Crippen LogP contribution in [0.3, 0.4) is 0 Å². The Hall–Kier alpha value is -0.940. The van der Waals surface area contributed by atoms with Gasteiger partial charge in [0.2, 0.25) is 5.89 Å². The van der Waals surface area contributed by atoms with Gasteiger partial charge in [0.25, 0.3) is 0 Å². The Labute approximate surface area is 69.8 Å². The Bertz CT molecular complexity index is 257. The van der Waals surface area contributed by atoms with Crippen LogP contribution in [0.15, 0.2) is 4.52 Å². The van der Waals surface area contributed by atoms with Gasteiger partial charge in [0.15, 0.2) is 5.82 Å². The van der Waals surface area contributed by atoms with Crippen molar-refractivity contribution < 1.29 is 9.63 Å². The highest BCUT2D eigenvalue weighted by Crippen LogP contribution is 2.17. The summed E-state index contributed by atoms with van der Waals surface area (Å²) in [6, 6.07) is 0. The molecular weight excluding hydrogens is 158 g/mol. The zero-order chi connectivity index (χ0) is 8.39. The molecule has 2 heterocycles. The molecule has 0 amide bonds. The van der Waals surface area contributed by atoms with Crippen molar-refractivity contribution in [2.75, 3.05) is 19.7 Å². The topological polar surface area (TPSA) is 71.2 Å². The molecule has 1 aromatic rings. The first kappa shape index (κ1) is 7.70. The molecule has 0 spiro atoms. The summed E-state index contributed by atoms with van der Waals surface area (Å²) < 4.78 is 5.01. The van der Waals surface area contributed by atoms with E-state index in [2.05, 4.69) is 15.5 Å². The van der Waals surface area contributed by atoms with Gasteiger partial charge in [-0.05, 0) is 0 Å². The molecule has 5 heteroatoms. The van der Waals surface area contributed by atoms with Crippen LogP contribution >= 0.6 is 0 Å². The molecule has 1 aromatic heterocycles. The SMILES string of the molecule is OCCc1noc(C2CNC2)n1. The van der Waals surface area contributed by atoms with Crippen molar-refractivity contribution in [3.63, 3.8) is 0 Å². The normalized spacial score (nSPS) is 17.8. The van der Waals surface area contributed by atoms with Crippen molar-refractivity contribution in [2.24, 2.45) is 0 Å². The molecule has 66 valence electrons. The van der Waals surface area contributed by atoms with E-state index in [4.69, 9.17) is 9.63 Å². The molecule has 1 aliphatic rings. The number of aliphatic hydroxyl groups excluding tert-OH is 1. The monoisotopic (exact) mass is 169 g/mol. The predicted octanol–water partition coefficient (Wildman–Crippen LogP) is -0.709. The number of aromatic nitrogens is 2. The van der Waals surface area contributed by atoms with Crippen LogP contribution in [0.4, 0.5) is 0 Å². The Balaban J connectivity index is 2.02. The second kappa shape index (κ2) is 3.20. The van der Waals surface area contributed by atoms with Crippen molar-refractivity contribution in [3.05, 3.63) is 11.7 Å². The molecule has 0 saturated carbocycles. The highest BCUT2D eigenvalue weighted by atomic mass is 16.5. The molecule has 0 bridgehead atoms. The van der Waals surface area contributed by atoms with Crippen LogP contribution < -0.4 is 5.32 Å². The van der Waals surface area contributed by atoms with Crippen molar-refractivity contribution in [1.82, 2.24) is 15.5 Å². The first-order chi connectivity index (χ1) is 5.90. The van der Waals surface area contributed by atoms with Crippen LogP contribution in [-0.4, -0.2) is 34.9 Å². The average Bonchev–Trinajstić information content (AvgIpc) is 2.34. The predicted molar refractivity (Wildman–Crippen MR) is 40.7 cm³/mol. The fraction of sp³-hybridized carbons (Fsp3) is 0.714. The van der Waals surface area contributed by atoms with Crippen LogP contribution in [0.1, 0.15) is 17.6 Å². The number of hydrogen-bond acceptors (Lipinski definition) is 5. The number of rotatable bonds is 3. The van der Waals surface area contributed by atoms with Gasteiger partial charge in [-0.3, -0.25) is 0 Å². The van der Waals surface area contributed by atoms with E-state index in [1.54, 1.807) is 0 Å². The number of aliphatic hydroxyl groups is 1. The first-order valence-corrected chi connectivity index (χ1v) is 4.04. The van der Waals surface area contributed by atoms with E-state index >= 15 is 0 Å². The lowest BCUT2D eigenvalue weighted by Gasteiger charge is -2.22. The maximum Gasteiger partial charge on any atom is 0.232 e. The Kier molecular flexibility index (Phi) is 2.05. The summed E-state index contributed by atoms with van der Waals surface area (Å²) >= 11 is 0. The quantitative estimate of drug-likeness (QED) is 0.625. The molecule has 1 fully saturated rings. The van der Waals surface area contributed by atoms with Crippen LogP contribution in [0.25, 0.3) is 0 Å². The van der Waals surface area contributed by atoms with Gasteiger partial charge in [-0.2, -0.15) is 4.98 Å². The van der Waals surface area contributed by atoms with Gasteiger partial charge in [0.05, 0.1) is 12.5 Å². The van der Waals surface area contributed by atoms with E-state index in [0.29, 0.717) is 24.1 Å². The molecule has 0 atom stereocenters. The summed E-state index contributed by atoms with van der Waals surface area (Å²) in [4.78, 5) is 4.14. The van der Waals surface area contributed by atoms with Gasteiger partial charge < -0.3 is 14.9 Å². The molecule has 1 saturated heterocycles. The smallest absolute Gasteiger partial charge is 0.232 e. The number of nitrogens with zero attached hydrogens (tertiary/aromatic N) is 2. The summed E-state index contributed by atoms with van der Waals surface area (Å²) in [6.45, 7) is 1.91. The second-order valence-electron chi connectivity index (χ2n) is 2.88. The molecule has 0 aromatic carbocycles. The number of hydrogen-bond donors (Lipinski definition) is 2. The Morgan fingerprint density at radius 2 is 2.42 bits per heavy atom. The van der Waals surface area contributed by atoms with E-state index in [1.165, 1.54) is 0 Å². The van der Waals surface area contributed by atoms with Gasteiger partial charge in [0.1, 0.15) is 0 Å². The Morgan fingerprint density at radius 1 is 1.58 bits per heavy atom. The number of nitrogens with one attached hydrogen (secondary N) is 1. The largest absolute Gasteiger partial charge is 0.396 e. The van der Waals surface area contributed by atoms with Crippen LogP contribution in [0.2, 0.25) is 0 Å². The van der Waals surface area contributed by atoms with Crippen LogP contribution in [-0.2, 0) is 6.42 Å². The van der Waals surface area contributed by atoms with Crippen molar-refractivity contribution in [3.8, 4) is 0 Å². The highest BCUT2D eigenvalue weighted by Gasteiger charge is 2.24. The van der Waals surface area contributed by atoms with E-state index in [-0.39, 0.29) is 6.61 Å². The fourth-order valence-corrected chi connectivity index (χ4v) is 1.10. The van der Waals surface area contributed by atoms with E-state index in [1.807, 2.05) is 0 Å². The molecule has 12 heavy (non-hydrogen) atoms. The van der Waals surface area contributed by atoms with Gasteiger partial charge in [-0.1, -0.05) is 5.16 Å². The fourth-order valence-electron chi connectivity index (χ4n) is 1.10. The molecule has 1 aliphatic heterocycles. The molecule has 0 aliphatic carbocycles. The summed E-state index contributed by atoms with van der Waals surface area (Å²) in [5, 5.41) is 15.5. The lowest BCUT2D eigenvalue weighted by atomic mass is 10.0. The van der Waals surface area contributed by atoms with Crippen molar-refractivity contribution >= 4 is 0 Å². The van der Waals surface area contributed by atoms with Crippen LogP contribution in [0.5, 0.6) is 0 Å². The molecular formula is C7H11N3O2. The van der Waals surface area contributed by atoms with E-state index in [9.17, 15) is 0 Å². The summed E-state index contributed by atoms with van der Waals surface area (Å²) in [5.41, 5.74) is 0. The zero-order valence-electron chi connectivity index (χ0n) is 6.66. The average molecular weight is 169 g/mol. The third-order valence-corrected chi connectivity index (χ3v) is 1.95. The van der Waals surface area contributed by atoms with Crippen molar-refractivity contribution in [1.29, 1.82) is 0 Å². The minimum Gasteiger partial charge on any atom is -0.396 e. The second-order valence-corrected chi connectivity index (χ2v) is 2.88. The van der Waals surface area contributed by atoms with E-state index < -0.39 is 0 Å². The molecule has 2 N–H and O–H groups in total. The van der Waals surface area contributed by atoms with Gasteiger partial charge in [-0.25, -0.2) is 0 Å². The minimum atomic E-state index is 0.0713. The van der Waals surface area contributed by atoms with Crippen molar-refractivity contribution in [2.45, 2.75) is 12.3 Å². The minimum absolute atomic E-state index is 0.0713. The van der Waals surface area contributed by atoms with Crippen LogP contribution in [0, 0.1) is 0 Å². The van der Waals surface area contributed by atoms with Gasteiger partial charge in [0, 0.05) is 19.5 Å². The summed E-state index contributed by atoms with van der Waals surface area (Å²) in [5.74, 6) is 1.67. The third kappa shape index (κ3) is 1.33. The summed E-state index contributed by atoms with van der Waals surface area (Å²) in [7, 11) is 0. The first-order valence-electron chi connectivity index (χ1n) is 4.04. The molecule has 5 nitrogen and oxygen atoms in total. The van der Waals surface area contributed by atoms with E-state index in [0.717, 1.165) is 13.1 Å².